The number of carbonyl (C=O) groups excluding carboxylic acids is 4. The fourth-order valence-corrected chi connectivity index (χ4v) is 15.0. The predicted octanol–water partition coefficient (Wildman–Crippen LogP) is 15.1. The summed E-state index contributed by atoms with van der Waals surface area (Å²) in [6.45, 7) is 7.37. The second-order valence-electron chi connectivity index (χ2n) is 21.7. The summed E-state index contributed by atoms with van der Waals surface area (Å²) in [6.07, 6.45) is 1.65. The number of nitro benzene ring substituents is 2. The van der Waals surface area contributed by atoms with Gasteiger partial charge in [-0.25, -0.2) is 41.3 Å². The molecule has 105 heavy (non-hydrogen) atoms. The van der Waals surface area contributed by atoms with Crippen LogP contribution in [0.2, 0.25) is 0 Å². The summed E-state index contributed by atoms with van der Waals surface area (Å²) in [5.41, 5.74) is 15.7. The van der Waals surface area contributed by atoms with Gasteiger partial charge in [-0.1, -0.05) is 127 Å². The van der Waals surface area contributed by atoms with Crippen molar-refractivity contribution in [1.29, 1.82) is 0 Å². The molecule has 6 heterocycles. The fraction of sp³-hybridized carbons (Fsp3) is 0.157. The van der Waals surface area contributed by atoms with E-state index >= 15 is 0 Å². The first kappa shape index (κ1) is 77.5. The molecule has 0 bridgehead atoms. The SMILES string of the molecule is O=COCc1ncsc1N[C@@H](Cc1ccc(NS(=O)(=O)O)cc1)c1csc(-c2ccccc2)n1.O=COCc1ncsc1N[C@@H](Cc1ccc([N+](=O)[O-])cc1)c1csc(-c2ccccc2)n1.O=COCc1ncsc1N[C@@H](Cc1ccc([N+](=O)[O-])cc1)c1csc(-c2ccccc2)n1.[C-]#[N+]CC(=O)OC. The largest absolute Gasteiger partial charge is 0.464 e. The second-order valence-corrected chi connectivity index (χ2v) is 27.9. The number of benzene rings is 6. The molecule has 0 saturated carbocycles. The van der Waals surface area contributed by atoms with Crippen molar-refractivity contribution in [2.24, 2.45) is 0 Å². The molecule has 6 aromatic carbocycles. The lowest BCUT2D eigenvalue weighted by Gasteiger charge is -2.18. The molecule has 6 aromatic heterocycles. The molecule has 0 saturated heterocycles. The molecule has 0 aliphatic heterocycles. The minimum absolute atomic E-state index is 0.0500. The minimum Gasteiger partial charge on any atom is -0.464 e. The standard InChI is InChI=1S/C22H20N4O5S3.2C22H18N4O4S2.C4H5NO2/c27-14-31-11-19-22(33-13-23-19)24-18(10-15-6-8-17(9-7-15)26-34(28,29)30)20-12-32-21(25-20)16-4-2-1-3-5-16;2*27-14-30-11-19-22(32-13-23-19)24-18(10-15-6-8-17(9-7-15)26(28)29)20-12-31-21(25-20)16-4-2-1-3-5-16;1-5-3-4(6)7-2/h1-9,12-14,18,24,26H,10-11H2,(H,28,29,30);2*1-9,12-14,18,24H,10-11H2;3H2,2H3/t3*18-;/m000./s1. The smallest absolute Gasteiger partial charge is 0.386 e. The maximum atomic E-state index is 11.0. The zero-order valence-corrected chi connectivity index (χ0v) is 60.7. The molecule has 0 aliphatic carbocycles. The summed E-state index contributed by atoms with van der Waals surface area (Å²) >= 11 is 8.87. The molecule has 35 heteroatoms. The third kappa shape index (κ3) is 24.0. The zero-order valence-electron chi connectivity index (χ0n) is 55.0. The minimum atomic E-state index is -4.34. The van der Waals surface area contributed by atoms with Gasteiger partial charge in [-0.2, -0.15) is 8.42 Å². The Bertz CT molecular complexity index is 4730. The van der Waals surface area contributed by atoms with E-state index in [0.717, 1.165) is 80.5 Å². The molecule has 5 N–H and O–H groups in total. The third-order valence-electron chi connectivity index (χ3n) is 14.7. The highest BCUT2D eigenvalue weighted by molar-refractivity contribution is 7.87. The lowest BCUT2D eigenvalue weighted by molar-refractivity contribution is -0.385. The molecule has 0 unspecified atom stereocenters. The van der Waals surface area contributed by atoms with Crippen molar-refractivity contribution in [3.63, 3.8) is 0 Å². The molecular formula is C70H61N13O15S7. The van der Waals surface area contributed by atoms with Gasteiger partial charge in [0, 0.05) is 57.1 Å². The quantitative estimate of drug-likeness (QED) is 0.00497. The lowest BCUT2D eigenvalue weighted by Crippen LogP contribution is -2.15. The van der Waals surface area contributed by atoms with Crippen LogP contribution in [0.15, 0.2) is 196 Å². The highest BCUT2D eigenvalue weighted by Crippen LogP contribution is 2.37. The number of non-ortho nitro benzene ring substituents is 2. The van der Waals surface area contributed by atoms with Crippen LogP contribution in [0.25, 0.3) is 36.6 Å². The van der Waals surface area contributed by atoms with Crippen LogP contribution in [0.4, 0.5) is 32.1 Å². The van der Waals surface area contributed by atoms with Gasteiger partial charge in [-0.05, 0) is 48.1 Å². The van der Waals surface area contributed by atoms with Crippen molar-refractivity contribution >= 4 is 136 Å². The summed E-state index contributed by atoms with van der Waals surface area (Å²) in [5.74, 6) is -0.477. The first-order chi connectivity index (χ1) is 51.0. The van der Waals surface area contributed by atoms with Crippen molar-refractivity contribution in [3.8, 4) is 31.7 Å². The maximum Gasteiger partial charge on any atom is 0.386 e. The van der Waals surface area contributed by atoms with Crippen LogP contribution in [0.5, 0.6) is 0 Å². The van der Waals surface area contributed by atoms with E-state index in [4.69, 9.17) is 40.3 Å². The normalized spacial score (nSPS) is 11.5. The number of nitrogens with zero attached hydrogens (tertiary/aromatic N) is 9. The van der Waals surface area contributed by atoms with Gasteiger partial charge in [0.15, 0.2) is 0 Å². The molecule has 3 atom stereocenters. The Balaban J connectivity index is 0.000000174. The maximum absolute atomic E-state index is 11.0. The average molecular weight is 1550 g/mol. The van der Waals surface area contributed by atoms with Crippen molar-refractivity contribution in [1.82, 2.24) is 29.9 Å². The molecular weight excluding hydrogens is 1490 g/mol. The first-order valence-corrected chi connectivity index (χ1v) is 37.7. The number of hydrogen-bond acceptors (Lipinski definition) is 29. The highest BCUT2D eigenvalue weighted by atomic mass is 32.2. The number of methoxy groups -OCH3 is 1. The van der Waals surface area contributed by atoms with Gasteiger partial charge in [0.05, 0.1) is 74.4 Å². The number of esters is 1. The Kier molecular flexibility index (Phi) is 29.3. The number of rotatable bonds is 32. The molecule has 0 radical (unpaired) electrons. The van der Waals surface area contributed by atoms with Crippen LogP contribution in [0.1, 0.15) is 69.0 Å². The first-order valence-electron chi connectivity index (χ1n) is 31.0. The van der Waals surface area contributed by atoms with Crippen LogP contribution in [-0.2, 0) is 87.5 Å². The van der Waals surface area contributed by atoms with E-state index in [-0.39, 0.29) is 61.6 Å². The lowest BCUT2D eigenvalue weighted by atomic mass is 10.0. The average Bonchev–Trinajstić information content (AvgIpc) is 1.67. The molecule has 0 aliphatic rings. The Morgan fingerprint density at radius 2 is 0.829 bits per heavy atom. The van der Waals surface area contributed by atoms with Crippen molar-refractivity contribution in [2.45, 2.75) is 57.2 Å². The molecule has 0 amide bonds. The van der Waals surface area contributed by atoms with Gasteiger partial charge < -0.3 is 39.7 Å². The molecule has 0 spiro atoms. The topological polar surface area (TPSA) is 376 Å². The van der Waals surface area contributed by atoms with Crippen LogP contribution in [-0.4, -0.2) is 91.8 Å². The van der Waals surface area contributed by atoms with Crippen LogP contribution >= 0.6 is 68.0 Å². The Labute approximate surface area is 624 Å². The van der Waals surface area contributed by atoms with Gasteiger partial charge >= 0.3 is 22.8 Å². The van der Waals surface area contributed by atoms with Crippen LogP contribution in [0, 0.1) is 26.8 Å². The van der Waals surface area contributed by atoms with Crippen LogP contribution in [0.3, 0.4) is 0 Å². The Morgan fingerprint density at radius 3 is 1.10 bits per heavy atom. The van der Waals surface area contributed by atoms with E-state index < -0.39 is 26.1 Å². The van der Waals surface area contributed by atoms with Gasteiger partial charge in [0.25, 0.3) is 30.8 Å². The molecule has 12 aromatic rings. The van der Waals surface area contributed by atoms with Gasteiger partial charge in [-0.3, -0.25) is 43.9 Å². The predicted molar refractivity (Wildman–Crippen MR) is 403 cm³/mol. The molecule has 28 nitrogen and oxygen atoms in total. The van der Waals surface area contributed by atoms with Crippen molar-refractivity contribution in [3.05, 3.63) is 279 Å². The highest BCUT2D eigenvalue weighted by Gasteiger charge is 2.24. The van der Waals surface area contributed by atoms with Crippen molar-refractivity contribution in [2.75, 3.05) is 34.3 Å². The van der Waals surface area contributed by atoms with E-state index in [1.54, 1.807) is 99.1 Å². The number of thiazole rings is 6. The van der Waals surface area contributed by atoms with Crippen LogP contribution < -0.4 is 20.7 Å². The molecule has 12 rings (SSSR count). The number of hydrogen-bond donors (Lipinski definition) is 5. The monoisotopic (exact) mass is 1550 g/mol. The Hall–Kier alpha value is -11.6. The number of nitro groups is 2. The number of anilines is 4. The fourth-order valence-electron chi connectivity index (χ4n) is 9.65. The molecule has 538 valence electrons. The number of nitrogens with one attached hydrogen (secondary N) is 4. The zero-order chi connectivity index (χ0) is 74.3. The van der Waals surface area contributed by atoms with Gasteiger partial charge in [0.1, 0.15) is 66.9 Å². The third-order valence-corrected chi connectivity index (χ3v) is 20.3. The van der Waals surface area contributed by atoms with Gasteiger partial charge in [0.2, 0.25) is 0 Å². The van der Waals surface area contributed by atoms with E-state index in [2.05, 4.69) is 40.5 Å². The van der Waals surface area contributed by atoms with E-state index in [1.807, 2.05) is 112 Å². The summed E-state index contributed by atoms with van der Waals surface area (Å²) in [5, 5.41) is 43.4. The number of carbonyl (C=O) groups is 4. The van der Waals surface area contributed by atoms with E-state index in [9.17, 15) is 47.8 Å². The molecule has 0 fully saturated rings. The Morgan fingerprint density at radius 1 is 0.514 bits per heavy atom. The number of ether oxygens (including phenoxy) is 4. The summed E-state index contributed by atoms with van der Waals surface area (Å²) in [6, 6.07) is 48.8. The van der Waals surface area contributed by atoms with Gasteiger partial charge in [-0.15, -0.1) is 68.0 Å². The summed E-state index contributed by atoms with van der Waals surface area (Å²) < 4.78 is 51.8. The summed E-state index contributed by atoms with van der Waals surface area (Å²) in [7, 11) is -3.08. The van der Waals surface area contributed by atoms with Crippen molar-refractivity contribution < 1.29 is 60.9 Å². The second kappa shape index (κ2) is 39.7. The van der Waals surface area contributed by atoms with E-state index in [1.165, 1.54) is 65.4 Å². The number of aromatic nitrogens is 6. The summed E-state index contributed by atoms with van der Waals surface area (Å²) in [4.78, 5) is 93.0. The van der Waals surface area contributed by atoms with E-state index in [0.29, 0.717) is 55.8 Å².